The largest absolute Gasteiger partial charge is 0.461 e. The predicted molar refractivity (Wildman–Crippen MR) is 137 cm³/mol. The molecule has 1 amide bonds. The normalized spacial score (nSPS) is 15.9. The molecule has 6 rings (SSSR count). The second kappa shape index (κ2) is 9.60. The fourth-order valence-electron chi connectivity index (χ4n) is 4.92. The van der Waals surface area contributed by atoms with Gasteiger partial charge >= 0.3 is 0 Å². The summed E-state index contributed by atoms with van der Waals surface area (Å²) >= 11 is 0. The molecule has 2 aromatic heterocycles. The highest BCUT2D eigenvalue weighted by atomic mass is 19.1. The Morgan fingerprint density at radius 3 is 2.50 bits per heavy atom. The second-order valence-electron chi connectivity index (χ2n) is 9.36. The molecule has 0 unspecified atom stereocenters. The third kappa shape index (κ3) is 4.51. The van der Waals surface area contributed by atoms with Crippen molar-refractivity contribution in [3.8, 4) is 11.6 Å². The summed E-state index contributed by atoms with van der Waals surface area (Å²) in [7, 11) is 0. The molecule has 36 heavy (non-hydrogen) atoms. The van der Waals surface area contributed by atoms with Crippen LogP contribution in [0.1, 0.15) is 19.3 Å². The Labute approximate surface area is 209 Å². The van der Waals surface area contributed by atoms with Crippen molar-refractivity contribution in [2.75, 3.05) is 42.5 Å². The van der Waals surface area contributed by atoms with Crippen LogP contribution in [-0.4, -0.2) is 59.5 Å². The van der Waals surface area contributed by atoms with Gasteiger partial charge < -0.3 is 19.1 Å². The monoisotopic (exact) mass is 485 g/mol. The van der Waals surface area contributed by atoms with Gasteiger partial charge in [-0.05, 0) is 49.2 Å². The molecule has 0 atom stereocenters. The molecule has 2 fully saturated rings. The maximum absolute atomic E-state index is 14.2. The highest BCUT2D eigenvalue weighted by molar-refractivity contribution is 5.91. The van der Waals surface area contributed by atoms with Gasteiger partial charge in [0.15, 0.2) is 11.6 Å². The molecule has 7 nitrogen and oxygen atoms in total. The maximum Gasteiger partial charge on any atom is 0.224 e. The minimum absolute atomic E-state index is 0.124. The van der Waals surface area contributed by atoms with Crippen molar-refractivity contribution in [2.24, 2.45) is 0 Å². The second-order valence-corrected chi connectivity index (χ2v) is 9.36. The van der Waals surface area contributed by atoms with Crippen LogP contribution in [0.15, 0.2) is 71.3 Å². The number of carbonyl (C=O) groups excluding carboxylic acids is 1. The third-order valence-electron chi connectivity index (χ3n) is 6.98. The molecule has 2 aromatic carbocycles. The summed E-state index contributed by atoms with van der Waals surface area (Å²) < 4.78 is 19.7. The maximum atomic E-state index is 14.2. The van der Waals surface area contributed by atoms with E-state index in [2.05, 4.69) is 4.90 Å². The fourth-order valence-corrected chi connectivity index (χ4v) is 4.92. The number of piperazine rings is 1. The highest BCUT2D eigenvalue weighted by Crippen LogP contribution is 2.35. The Kier molecular flexibility index (Phi) is 6.01. The first kappa shape index (κ1) is 22.5. The van der Waals surface area contributed by atoms with Gasteiger partial charge in [0, 0.05) is 50.6 Å². The van der Waals surface area contributed by atoms with Crippen LogP contribution in [0.4, 0.5) is 15.9 Å². The lowest BCUT2D eigenvalue weighted by atomic mass is 10.2. The fraction of sp³-hybridized carbons (Fsp3) is 0.321. The van der Waals surface area contributed by atoms with E-state index in [4.69, 9.17) is 14.4 Å². The predicted octanol–water partition coefficient (Wildman–Crippen LogP) is 4.74. The van der Waals surface area contributed by atoms with E-state index < -0.39 is 0 Å². The van der Waals surface area contributed by atoms with Crippen molar-refractivity contribution in [1.29, 1.82) is 0 Å². The zero-order valence-electron chi connectivity index (χ0n) is 20.0. The van der Waals surface area contributed by atoms with E-state index in [1.807, 2.05) is 52.3 Å². The number of aromatic nitrogens is 2. The molecule has 4 aromatic rings. The highest BCUT2D eigenvalue weighted by Gasteiger charge is 2.32. The summed E-state index contributed by atoms with van der Waals surface area (Å²) in [6.07, 6.45) is 4.20. The summed E-state index contributed by atoms with van der Waals surface area (Å²) in [5.41, 5.74) is 1.46. The molecule has 1 saturated carbocycles. The van der Waals surface area contributed by atoms with E-state index in [-0.39, 0.29) is 11.7 Å². The van der Waals surface area contributed by atoms with Crippen molar-refractivity contribution >= 4 is 28.3 Å². The number of fused-ring (bicyclic) bond motifs is 1. The number of furan rings is 1. The molecule has 1 aliphatic heterocycles. The standard InChI is InChI=1S/C28H28FN5O2/c29-22-7-2-4-9-24(22)32-15-17-33(18-16-32)26(35)13-14-34(20-11-12-20)28-21-6-1-3-8-23(21)30-27(31-28)25-10-5-19-36-25/h1-10,19-20H,11-18H2. The topological polar surface area (TPSA) is 65.7 Å². The molecule has 2 aliphatic rings. The number of hydrogen-bond donors (Lipinski definition) is 0. The molecule has 3 heterocycles. The van der Waals surface area contributed by atoms with Gasteiger partial charge in [0.1, 0.15) is 11.6 Å². The third-order valence-corrected chi connectivity index (χ3v) is 6.98. The Morgan fingerprint density at radius 2 is 1.75 bits per heavy atom. The quantitative estimate of drug-likeness (QED) is 0.377. The molecule has 1 saturated heterocycles. The van der Waals surface area contributed by atoms with Crippen molar-refractivity contribution < 1.29 is 13.6 Å². The van der Waals surface area contributed by atoms with E-state index in [1.54, 1.807) is 18.4 Å². The molecule has 1 aliphatic carbocycles. The summed E-state index contributed by atoms with van der Waals surface area (Å²) in [4.78, 5) is 29.0. The lowest BCUT2D eigenvalue weighted by Crippen LogP contribution is -2.49. The van der Waals surface area contributed by atoms with Crippen LogP contribution in [0.25, 0.3) is 22.5 Å². The Bertz CT molecular complexity index is 1360. The number of nitrogens with zero attached hydrogens (tertiary/aromatic N) is 5. The van der Waals surface area contributed by atoms with Crippen LogP contribution in [0.2, 0.25) is 0 Å². The van der Waals surface area contributed by atoms with E-state index in [0.29, 0.717) is 62.5 Å². The molecular weight excluding hydrogens is 457 g/mol. The number of benzene rings is 2. The summed E-state index contributed by atoms with van der Waals surface area (Å²) in [5.74, 6) is 1.94. The van der Waals surface area contributed by atoms with Crippen LogP contribution < -0.4 is 9.80 Å². The smallest absolute Gasteiger partial charge is 0.224 e. The SMILES string of the molecule is O=C(CCN(c1nc(-c2ccco2)nc2ccccc12)C1CC1)N1CCN(c2ccccc2F)CC1. The van der Waals surface area contributed by atoms with Gasteiger partial charge in [-0.25, -0.2) is 14.4 Å². The first-order valence-electron chi connectivity index (χ1n) is 12.5. The first-order valence-corrected chi connectivity index (χ1v) is 12.5. The van der Waals surface area contributed by atoms with Crippen molar-refractivity contribution in [3.05, 3.63) is 72.7 Å². The van der Waals surface area contributed by atoms with E-state index in [0.717, 1.165) is 29.6 Å². The van der Waals surface area contributed by atoms with Crippen molar-refractivity contribution in [3.63, 3.8) is 0 Å². The Balaban J connectivity index is 1.17. The Hall–Kier alpha value is -3.94. The van der Waals surface area contributed by atoms with Crippen LogP contribution in [0.3, 0.4) is 0 Å². The van der Waals surface area contributed by atoms with Gasteiger partial charge in [-0.3, -0.25) is 4.79 Å². The van der Waals surface area contributed by atoms with Gasteiger partial charge in [0.05, 0.1) is 17.5 Å². The van der Waals surface area contributed by atoms with E-state index in [1.165, 1.54) is 6.07 Å². The lowest BCUT2D eigenvalue weighted by molar-refractivity contribution is -0.131. The van der Waals surface area contributed by atoms with Gasteiger partial charge in [0.2, 0.25) is 5.91 Å². The summed E-state index contributed by atoms with van der Waals surface area (Å²) in [6.45, 7) is 3.03. The van der Waals surface area contributed by atoms with Gasteiger partial charge in [-0.15, -0.1) is 0 Å². The zero-order valence-corrected chi connectivity index (χ0v) is 20.0. The molecule has 0 N–H and O–H groups in total. The number of carbonyl (C=O) groups is 1. The van der Waals surface area contributed by atoms with E-state index in [9.17, 15) is 9.18 Å². The molecule has 0 spiro atoms. The lowest BCUT2D eigenvalue weighted by Gasteiger charge is -2.36. The van der Waals surface area contributed by atoms with E-state index >= 15 is 0 Å². The van der Waals surface area contributed by atoms with Crippen LogP contribution >= 0.6 is 0 Å². The van der Waals surface area contributed by atoms with Gasteiger partial charge in [-0.1, -0.05) is 24.3 Å². The van der Waals surface area contributed by atoms with Gasteiger partial charge in [0.25, 0.3) is 0 Å². The van der Waals surface area contributed by atoms with Crippen molar-refractivity contribution in [2.45, 2.75) is 25.3 Å². The first-order chi connectivity index (χ1) is 17.7. The van der Waals surface area contributed by atoms with Crippen molar-refractivity contribution in [1.82, 2.24) is 14.9 Å². The number of rotatable bonds is 7. The van der Waals surface area contributed by atoms with Gasteiger partial charge in [-0.2, -0.15) is 0 Å². The number of para-hydroxylation sites is 2. The molecule has 0 bridgehead atoms. The molecular formula is C28H28FN5O2. The summed E-state index contributed by atoms with van der Waals surface area (Å²) in [6, 6.07) is 18.9. The minimum atomic E-state index is -0.219. The van der Waals surface area contributed by atoms with Crippen LogP contribution in [0.5, 0.6) is 0 Å². The Morgan fingerprint density at radius 1 is 0.972 bits per heavy atom. The minimum Gasteiger partial charge on any atom is -0.461 e. The molecule has 8 heteroatoms. The number of halogens is 1. The average molecular weight is 486 g/mol. The van der Waals surface area contributed by atoms with Crippen LogP contribution in [0, 0.1) is 5.82 Å². The number of hydrogen-bond acceptors (Lipinski definition) is 6. The number of anilines is 2. The van der Waals surface area contributed by atoms with Crippen LogP contribution in [-0.2, 0) is 4.79 Å². The number of amides is 1. The zero-order chi connectivity index (χ0) is 24.5. The molecule has 184 valence electrons. The average Bonchev–Trinajstić information content (AvgIpc) is 3.60. The molecule has 0 radical (unpaired) electrons. The summed E-state index contributed by atoms with van der Waals surface area (Å²) in [5, 5.41) is 0.977.